The summed E-state index contributed by atoms with van der Waals surface area (Å²) in [6.07, 6.45) is 16.4. The van der Waals surface area contributed by atoms with Crippen LogP contribution in [0.2, 0.25) is 0 Å². The number of ether oxygens (including phenoxy) is 2. The summed E-state index contributed by atoms with van der Waals surface area (Å²) in [7, 11) is 3.87. The summed E-state index contributed by atoms with van der Waals surface area (Å²) in [6.45, 7) is 9.18. The Hall–Kier alpha value is -1.96. The SMILES string of the molecule is CCCCC[C@H]1CC[C@@H]([C@]2(C)CC[C@H](O)[C@@]34[C@@H](O)CC[C@H](C)C[C@H](Cc5ccccc5)CSSC[C@@H]5CCCC[C@]56CC#C[C@@](C)(C[C@@H](OC6=O)[C@@H]23)[C@]4(O)CCC2=CC(=O)OC2)C1. The molecule has 4 aliphatic carbocycles. The summed E-state index contributed by atoms with van der Waals surface area (Å²) in [6, 6.07) is 10.8. The van der Waals surface area contributed by atoms with E-state index in [-0.39, 0.29) is 30.9 Å². The first-order valence-corrected chi connectivity index (χ1v) is 27.7. The Morgan fingerprint density at radius 3 is 2.44 bits per heavy atom. The Morgan fingerprint density at radius 2 is 1.67 bits per heavy atom. The van der Waals surface area contributed by atoms with Crippen LogP contribution in [0.4, 0.5) is 0 Å². The molecule has 0 amide bonds. The van der Waals surface area contributed by atoms with Crippen molar-refractivity contribution in [2.45, 2.75) is 186 Å². The number of rotatable bonds is 10. The number of carbonyl (C=O) groups excluding carboxylic acids is 2. The number of benzene rings is 1. The van der Waals surface area contributed by atoms with Gasteiger partial charge in [0.15, 0.2) is 0 Å². The molecule has 1 saturated heterocycles. The van der Waals surface area contributed by atoms with Crippen molar-refractivity contribution in [3.63, 3.8) is 0 Å². The van der Waals surface area contributed by atoms with Gasteiger partial charge in [0.1, 0.15) is 12.7 Å². The van der Waals surface area contributed by atoms with Crippen molar-refractivity contribution in [1.29, 1.82) is 0 Å². The third-order valence-corrected chi connectivity index (χ3v) is 21.1. The van der Waals surface area contributed by atoms with E-state index in [1.54, 1.807) is 6.08 Å². The van der Waals surface area contributed by atoms with Gasteiger partial charge < -0.3 is 24.8 Å². The number of aliphatic hydroxyl groups excluding tert-OH is 2. The van der Waals surface area contributed by atoms with Gasteiger partial charge >= 0.3 is 11.9 Å². The number of esters is 2. The summed E-state index contributed by atoms with van der Waals surface area (Å²) in [5.41, 5.74) is -3.30. The highest BCUT2D eigenvalue weighted by atomic mass is 33.1. The van der Waals surface area contributed by atoms with Crippen LogP contribution >= 0.6 is 21.6 Å². The van der Waals surface area contributed by atoms with Gasteiger partial charge in [-0.05, 0) is 130 Å². The van der Waals surface area contributed by atoms with Gasteiger partial charge in [0, 0.05) is 36.3 Å². The van der Waals surface area contributed by atoms with Crippen molar-refractivity contribution in [1.82, 2.24) is 0 Å². The molecule has 7 aliphatic rings. The molecule has 0 aromatic heterocycles. The second kappa shape index (κ2) is 19.7. The molecule has 14 atom stereocenters. The summed E-state index contributed by atoms with van der Waals surface area (Å²) in [5.74, 6) is 9.94. The maximum atomic E-state index is 15.5. The van der Waals surface area contributed by atoms with Crippen LogP contribution in [0.3, 0.4) is 0 Å². The van der Waals surface area contributed by atoms with E-state index in [1.807, 2.05) is 28.5 Å². The van der Waals surface area contributed by atoms with Crippen LogP contribution in [0.25, 0.3) is 0 Å². The molecule has 8 rings (SSSR count). The molecule has 7 nitrogen and oxygen atoms in total. The molecule has 1 spiro atoms. The maximum Gasteiger partial charge on any atom is 0.331 e. The number of hydrogen-bond acceptors (Lipinski definition) is 9. The monoisotopic (exact) mass is 903 g/mol. The molecular formula is C54H78O7S2. The highest BCUT2D eigenvalue weighted by Gasteiger charge is 2.78. The molecule has 1 aromatic carbocycles. The molecule has 5 fully saturated rings. The lowest BCUT2D eigenvalue weighted by Gasteiger charge is -2.71. The van der Waals surface area contributed by atoms with Gasteiger partial charge in [-0.15, -0.1) is 5.92 Å². The molecule has 3 aliphatic heterocycles. The summed E-state index contributed by atoms with van der Waals surface area (Å²) in [4.78, 5) is 27.9. The first-order valence-electron chi connectivity index (χ1n) is 25.2. The summed E-state index contributed by atoms with van der Waals surface area (Å²) < 4.78 is 12.6. The van der Waals surface area contributed by atoms with Crippen LogP contribution in [0.15, 0.2) is 42.0 Å². The van der Waals surface area contributed by atoms with Crippen molar-refractivity contribution >= 4 is 33.5 Å². The molecule has 9 heteroatoms. The van der Waals surface area contributed by atoms with Gasteiger partial charge in [-0.3, -0.25) is 4.79 Å². The number of cyclic esters (lactones) is 1. The first-order chi connectivity index (χ1) is 30.3. The zero-order chi connectivity index (χ0) is 44.5. The first kappa shape index (κ1) is 47.5. The zero-order valence-electron chi connectivity index (χ0n) is 38.9. The van der Waals surface area contributed by atoms with E-state index in [1.165, 1.54) is 31.2 Å². The van der Waals surface area contributed by atoms with E-state index in [4.69, 9.17) is 9.47 Å². The maximum absolute atomic E-state index is 15.5. The molecular weight excluding hydrogens is 825 g/mol. The normalized spacial score (nSPS) is 43.3. The van der Waals surface area contributed by atoms with E-state index < -0.39 is 51.5 Å². The van der Waals surface area contributed by atoms with Crippen LogP contribution in [0, 0.1) is 69.0 Å². The van der Waals surface area contributed by atoms with Crippen LogP contribution in [-0.4, -0.2) is 69.3 Å². The lowest BCUT2D eigenvalue weighted by atomic mass is 9.35. The summed E-state index contributed by atoms with van der Waals surface area (Å²) in [5, 5.41) is 41.1. The van der Waals surface area contributed by atoms with Crippen molar-refractivity contribution in [2.75, 3.05) is 18.1 Å². The third kappa shape index (κ3) is 8.98. The minimum absolute atomic E-state index is 0.113. The van der Waals surface area contributed by atoms with Gasteiger partial charge in [-0.2, -0.15) is 0 Å². The van der Waals surface area contributed by atoms with Crippen molar-refractivity contribution in [2.24, 2.45) is 57.2 Å². The van der Waals surface area contributed by atoms with Gasteiger partial charge in [0.2, 0.25) is 0 Å². The highest BCUT2D eigenvalue weighted by Crippen LogP contribution is 2.72. The number of hydrogen-bond donors (Lipinski definition) is 3. The van der Waals surface area contributed by atoms with E-state index in [2.05, 4.69) is 62.9 Å². The Kier molecular flexibility index (Phi) is 14.9. The fourth-order valence-electron chi connectivity index (χ4n) is 15.0. The van der Waals surface area contributed by atoms with Crippen LogP contribution in [0.5, 0.6) is 0 Å². The van der Waals surface area contributed by atoms with Crippen molar-refractivity contribution in [3.8, 4) is 11.8 Å². The van der Waals surface area contributed by atoms with E-state index >= 15 is 4.79 Å². The van der Waals surface area contributed by atoms with E-state index in [0.717, 1.165) is 87.7 Å². The van der Waals surface area contributed by atoms with Crippen molar-refractivity contribution < 1.29 is 34.4 Å². The lowest BCUT2D eigenvalue weighted by Crippen LogP contribution is -2.79. The molecule has 3 heterocycles. The molecule has 1 aromatic rings. The largest absolute Gasteiger partial charge is 0.462 e. The molecule has 0 unspecified atom stereocenters. The van der Waals surface area contributed by atoms with Gasteiger partial charge in [0.05, 0.1) is 34.1 Å². The number of fused-ring (bicyclic) bond motifs is 2. The Labute approximate surface area is 387 Å². The minimum Gasteiger partial charge on any atom is -0.462 e. The second-order valence-corrected chi connectivity index (χ2v) is 24.8. The molecule has 4 bridgehead atoms. The molecule has 348 valence electrons. The fraction of sp³-hybridized carbons (Fsp3) is 0.778. The summed E-state index contributed by atoms with van der Waals surface area (Å²) >= 11 is 0. The quantitative estimate of drug-likeness (QED) is 0.0914. The Morgan fingerprint density at radius 1 is 0.873 bits per heavy atom. The van der Waals surface area contributed by atoms with Crippen molar-refractivity contribution in [3.05, 3.63) is 47.5 Å². The average molecular weight is 903 g/mol. The Balaban J connectivity index is 1.28. The third-order valence-electron chi connectivity index (χ3n) is 18.4. The molecule has 3 N–H and O–H groups in total. The second-order valence-electron chi connectivity index (χ2n) is 22.2. The Bertz CT molecular complexity index is 1860. The van der Waals surface area contributed by atoms with Gasteiger partial charge in [0.25, 0.3) is 0 Å². The smallest absolute Gasteiger partial charge is 0.331 e. The molecule has 4 saturated carbocycles. The van der Waals surface area contributed by atoms with Crippen LogP contribution < -0.4 is 0 Å². The van der Waals surface area contributed by atoms with E-state index in [0.29, 0.717) is 55.8 Å². The molecule has 0 radical (unpaired) electrons. The standard InChI is InChI=1S/C54H78O7S2/c1-5-6-8-14-39-19-20-42(31-39)51(4)27-23-46(56)54-45(55)21-18-37(2)29-41(30-38-15-9-7-10-16-38)35-62-63-36-43-17-11-12-25-52(43)26-13-24-50(3,33-44(48(51)54)61-49(52)58)53(54,59)28-22-40-32-47(57)60-34-40/h7,9-10,15-16,32,37,39,41-46,48,55-56,59H,5-6,8,11-12,14,17-23,25-31,33-36H2,1-4H3/t37-,39-,41+,42+,43-,44+,45-,46-,48-,50-,51-,52-,53+,54-/m0/s1. The predicted molar refractivity (Wildman–Crippen MR) is 254 cm³/mol. The zero-order valence-corrected chi connectivity index (χ0v) is 40.6. The topological polar surface area (TPSA) is 113 Å². The number of unbranched alkanes of at least 4 members (excludes halogenated alkanes) is 2. The van der Waals surface area contributed by atoms with Crippen LogP contribution in [0.1, 0.15) is 162 Å². The predicted octanol–water partition coefficient (Wildman–Crippen LogP) is 11.1. The average Bonchev–Trinajstić information content (AvgIpc) is 3.93. The molecule has 63 heavy (non-hydrogen) atoms. The number of carbonyl (C=O) groups is 2. The number of aliphatic hydroxyl groups is 3. The van der Waals surface area contributed by atoms with Crippen LogP contribution in [-0.2, 0) is 25.5 Å². The lowest BCUT2D eigenvalue weighted by molar-refractivity contribution is -0.338. The highest BCUT2D eigenvalue weighted by molar-refractivity contribution is 8.76. The van der Waals surface area contributed by atoms with Gasteiger partial charge in [-0.25, -0.2) is 4.79 Å². The van der Waals surface area contributed by atoms with E-state index in [9.17, 15) is 20.1 Å². The minimum atomic E-state index is -1.69. The fourth-order valence-corrected chi connectivity index (χ4v) is 18.0. The van der Waals surface area contributed by atoms with Gasteiger partial charge in [-0.1, -0.05) is 124 Å².